The summed E-state index contributed by atoms with van der Waals surface area (Å²) in [6, 6.07) is 6.38. The molecule has 0 unspecified atom stereocenters. The predicted octanol–water partition coefficient (Wildman–Crippen LogP) is 3.24. The molecule has 1 aromatic rings. The van der Waals surface area contributed by atoms with Crippen molar-refractivity contribution < 1.29 is 14.3 Å². The molecule has 1 atom stereocenters. The van der Waals surface area contributed by atoms with Crippen molar-refractivity contribution in [3.8, 4) is 0 Å². The number of likely N-dealkylation sites (tertiary alicyclic amines) is 1. The van der Waals surface area contributed by atoms with E-state index in [4.69, 9.17) is 0 Å². The summed E-state index contributed by atoms with van der Waals surface area (Å²) < 4.78 is 13.2. The number of benzene rings is 1. The number of amides is 1. The average Bonchev–Trinajstić information content (AvgIpc) is 2.64. The normalized spacial score (nSPS) is 24.8. The van der Waals surface area contributed by atoms with Crippen molar-refractivity contribution in [3.63, 3.8) is 0 Å². The first-order chi connectivity index (χ1) is 12.6. The quantitative estimate of drug-likeness (QED) is 0.783. The van der Waals surface area contributed by atoms with E-state index in [9.17, 15) is 14.3 Å². The Kier molecular flexibility index (Phi) is 6.65. The Labute approximate surface area is 155 Å². The molecule has 1 saturated carbocycles. The van der Waals surface area contributed by atoms with E-state index in [-0.39, 0.29) is 18.3 Å². The van der Waals surface area contributed by atoms with Crippen LogP contribution >= 0.6 is 0 Å². The Morgan fingerprint density at radius 3 is 2.81 bits per heavy atom. The molecule has 26 heavy (non-hydrogen) atoms. The molecule has 1 aliphatic carbocycles. The van der Waals surface area contributed by atoms with E-state index in [1.165, 1.54) is 44.2 Å². The van der Waals surface area contributed by atoms with E-state index in [0.29, 0.717) is 13.0 Å². The summed E-state index contributed by atoms with van der Waals surface area (Å²) in [6.45, 7) is 2.16. The van der Waals surface area contributed by atoms with Gasteiger partial charge >= 0.3 is 0 Å². The zero-order chi connectivity index (χ0) is 18.4. The molecular formula is C21H31FN2O2. The van der Waals surface area contributed by atoms with Crippen molar-refractivity contribution in [1.29, 1.82) is 0 Å². The predicted molar refractivity (Wildman–Crippen MR) is 100 cm³/mol. The second kappa shape index (κ2) is 8.96. The summed E-state index contributed by atoms with van der Waals surface area (Å²) >= 11 is 0. The van der Waals surface area contributed by atoms with Crippen molar-refractivity contribution in [2.75, 3.05) is 19.6 Å². The molecule has 144 valence electrons. The molecule has 3 rings (SSSR count). The first-order valence-corrected chi connectivity index (χ1v) is 10.0. The molecule has 1 aliphatic heterocycles. The van der Waals surface area contributed by atoms with Gasteiger partial charge in [0.15, 0.2) is 5.60 Å². The van der Waals surface area contributed by atoms with Gasteiger partial charge in [0, 0.05) is 26.2 Å². The van der Waals surface area contributed by atoms with Crippen LogP contribution < -0.4 is 5.32 Å². The molecule has 0 radical (unpaired) electrons. The van der Waals surface area contributed by atoms with Crippen LogP contribution in [-0.4, -0.2) is 41.1 Å². The number of hydrogen-bond donors (Lipinski definition) is 2. The third-order valence-corrected chi connectivity index (χ3v) is 5.87. The smallest absolute Gasteiger partial charge is 0.255 e. The van der Waals surface area contributed by atoms with E-state index < -0.39 is 5.60 Å². The van der Waals surface area contributed by atoms with Crippen molar-refractivity contribution in [1.82, 2.24) is 10.2 Å². The lowest BCUT2D eigenvalue weighted by Crippen LogP contribution is -2.58. The van der Waals surface area contributed by atoms with E-state index in [1.807, 2.05) is 11.0 Å². The molecule has 0 aromatic heterocycles. The maximum atomic E-state index is 13.2. The third-order valence-electron chi connectivity index (χ3n) is 5.87. The highest BCUT2D eigenvalue weighted by atomic mass is 19.1. The van der Waals surface area contributed by atoms with E-state index in [2.05, 4.69) is 5.32 Å². The van der Waals surface area contributed by atoms with Gasteiger partial charge in [-0.05, 0) is 42.9 Å². The van der Waals surface area contributed by atoms with Gasteiger partial charge in [-0.2, -0.15) is 0 Å². The summed E-state index contributed by atoms with van der Waals surface area (Å²) in [4.78, 5) is 14.6. The summed E-state index contributed by atoms with van der Waals surface area (Å²) in [6.07, 6.45) is 8.90. The molecule has 2 N–H and O–H groups in total. The van der Waals surface area contributed by atoms with Gasteiger partial charge in [0.05, 0.1) is 0 Å². The van der Waals surface area contributed by atoms with Crippen molar-refractivity contribution in [2.24, 2.45) is 5.92 Å². The number of aliphatic hydroxyl groups is 1. The molecule has 5 heteroatoms. The molecule has 2 aliphatic rings. The number of carbonyl (C=O) groups excluding carboxylic acids is 1. The van der Waals surface area contributed by atoms with Crippen LogP contribution in [-0.2, 0) is 11.3 Å². The minimum Gasteiger partial charge on any atom is -0.379 e. The molecule has 2 fully saturated rings. The maximum absolute atomic E-state index is 13.2. The molecule has 0 bridgehead atoms. The lowest BCUT2D eigenvalue weighted by Gasteiger charge is -2.39. The van der Waals surface area contributed by atoms with Crippen molar-refractivity contribution >= 4 is 5.91 Å². The Bertz CT molecular complexity index is 603. The summed E-state index contributed by atoms with van der Waals surface area (Å²) in [5.41, 5.74) is -0.524. The Balaban J connectivity index is 1.48. The fourth-order valence-electron chi connectivity index (χ4n) is 4.32. The Morgan fingerprint density at radius 1 is 1.23 bits per heavy atom. The van der Waals surface area contributed by atoms with Gasteiger partial charge in [-0.1, -0.05) is 44.2 Å². The molecule has 0 spiro atoms. The number of hydrogen-bond acceptors (Lipinski definition) is 3. The fourth-order valence-corrected chi connectivity index (χ4v) is 4.32. The molecule has 1 heterocycles. The number of nitrogens with zero attached hydrogens (tertiary/aromatic N) is 1. The largest absolute Gasteiger partial charge is 0.379 e. The van der Waals surface area contributed by atoms with Gasteiger partial charge in [0.2, 0.25) is 0 Å². The molecular weight excluding hydrogens is 331 g/mol. The fraction of sp³-hybridized carbons (Fsp3) is 0.667. The first kappa shape index (κ1) is 19.3. The second-order valence-electron chi connectivity index (χ2n) is 7.95. The van der Waals surface area contributed by atoms with E-state index >= 15 is 0 Å². The topological polar surface area (TPSA) is 52.6 Å². The van der Waals surface area contributed by atoms with E-state index in [0.717, 1.165) is 37.4 Å². The van der Waals surface area contributed by atoms with Crippen LogP contribution in [0.15, 0.2) is 24.3 Å². The van der Waals surface area contributed by atoms with Gasteiger partial charge in [-0.3, -0.25) is 4.79 Å². The van der Waals surface area contributed by atoms with Crippen LogP contribution in [0.4, 0.5) is 4.39 Å². The van der Waals surface area contributed by atoms with Gasteiger partial charge in [-0.25, -0.2) is 4.39 Å². The Hall–Kier alpha value is -1.46. The Morgan fingerprint density at radius 2 is 2.04 bits per heavy atom. The maximum Gasteiger partial charge on any atom is 0.255 e. The lowest BCUT2D eigenvalue weighted by atomic mass is 9.86. The number of piperidine rings is 1. The second-order valence-corrected chi connectivity index (χ2v) is 7.95. The monoisotopic (exact) mass is 362 g/mol. The average molecular weight is 362 g/mol. The summed E-state index contributed by atoms with van der Waals surface area (Å²) in [5.74, 6) is 0.314. The minimum absolute atomic E-state index is 0.147. The number of halogens is 1. The zero-order valence-electron chi connectivity index (χ0n) is 15.6. The number of carbonyl (C=O) groups is 1. The zero-order valence-corrected chi connectivity index (χ0v) is 15.6. The van der Waals surface area contributed by atoms with Crippen LogP contribution in [0.3, 0.4) is 0 Å². The van der Waals surface area contributed by atoms with Crippen LogP contribution in [0.1, 0.15) is 56.9 Å². The molecule has 1 saturated heterocycles. The minimum atomic E-state index is -1.34. The summed E-state index contributed by atoms with van der Waals surface area (Å²) in [7, 11) is 0. The van der Waals surface area contributed by atoms with Crippen molar-refractivity contribution in [2.45, 2.75) is 63.5 Å². The van der Waals surface area contributed by atoms with Gasteiger partial charge in [0.25, 0.3) is 5.91 Å². The van der Waals surface area contributed by atoms with Gasteiger partial charge in [-0.15, -0.1) is 0 Å². The van der Waals surface area contributed by atoms with Crippen LogP contribution in [0.2, 0.25) is 0 Å². The van der Waals surface area contributed by atoms with Crippen LogP contribution in [0, 0.1) is 11.7 Å². The lowest BCUT2D eigenvalue weighted by molar-refractivity contribution is -0.156. The first-order valence-electron chi connectivity index (χ1n) is 10.0. The standard InChI is InChI=1S/C21H31FN2O2/c22-19-9-4-8-18(14-19)15-23-16-21(26)11-5-12-24(20(21)25)13-10-17-6-2-1-3-7-17/h4,8-9,14,17,23,26H,1-3,5-7,10-13,15-16H2/t21-/m1/s1. The highest BCUT2D eigenvalue weighted by Crippen LogP contribution is 2.28. The van der Waals surface area contributed by atoms with E-state index in [1.54, 1.807) is 6.07 Å². The SMILES string of the molecule is O=C1N(CCC2CCCCC2)CCC[C@@]1(O)CNCc1cccc(F)c1. The highest BCUT2D eigenvalue weighted by Gasteiger charge is 2.41. The molecule has 1 aromatic carbocycles. The number of rotatable bonds is 7. The van der Waals surface area contributed by atoms with Crippen molar-refractivity contribution in [3.05, 3.63) is 35.6 Å². The van der Waals surface area contributed by atoms with Crippen LogP contribution in [0.5, 0.6) is 0 Å². The molecule has 4 nitrogen and oxygen atoms in total. The van der Waals surface area contributed by atoms with Gasteiger partial charge in [0.1, 0.15) is 5.82 Å². The third kappa shape index (κ3) is 5.04. The summed E-state index contributed by atoms with van der Waals surface area (Å²) in [5, 5.41) is 14.0. The molecule has 1 amide bonds. The van der Waals surface area contributed by atoms with Gasteiger partial charge < -0.3 is 15.3 Å². The van der Waals surface area contributed by atoms with Crippen LogP contribution in [0.25, 0.3) is 0 Å². The number of nitrogens with one attached hydrogen (secondary N) is 1. The highest BCUT2D eigenvalue weighted by molar-refractivity contribution is 5.86.